The molecule has 1 saturated carbocycles. The average molecular weight is 437 g/mol. The summed E-state index contributed by atoms with van der Waals surface area (Å²) >= 11 is 0. The fourth-order valence-electron chi connectivity index (χ4n) is 3.41. The monoisotopic (exact) mass is 437 g/mol. The topological polar surface area (TPSA) is 111 Å². The fourth-order valence-corrected chi connectivity index (χ4v) is 3.41. The maximum atomic E-state index is 13.1. The van der Waals surface area contributed by atoms with E-state index in [0.29, 0.717) is 18.4 Å². The van der Waals surface area contributed by atoms with Crippen molar-refractivity contribution in [1.82, 2.24) is 10.3 Å². The standard InChI is InChI=1S/C21H23F3N4O3/c1-26-17(19(30)28-20(12-29)7-3-8-20)15-10-14(5-6-16(15)25)31-11-13-4-2-9-27-18(13)21(22,23)24/h2,4-6,9-10,29H,3,7-8,11-12,25H2,1H3,(H,28,30)/p+1. The quantitative estimate of drug-likeness (QED) is 0.378. The van der Waals surface area contributed by atoms with E-state index >= 15 is 0 Å². The lowest BCUT2D eigenvalue weighted by atomic mass is 9.77. The summed E-state index contributed by atoms with van der Waals surface area (Å²) in [7, 11) is 1.56. The highest BCUT2D eigenvalue weighted by Crippen LogP contribution is 2.32. The molecule has 0 atom stereocenters. The summed E-state index contributed by atoms with van der Waals surface area (Å²) < 4.78 is 44.9. The van der Waals surface area contributed by atoms with Gasteiger partial charge in [-0.25, -0.2) is 4.99 Å². The first-order valence-corrected chi connectivity index (χ1v) is 9.71. The first-order valence-electron chi connectivity index (χ1n) is 9.71. The number of amides is 1. The van der Waals surface area contributed by atoms with Crippen LogP contribution in [0.4, 0.5) is 18.9 Å². The summed E-state index contributed by atoms with van der Waals surface area (Å²) in [6.07, 6.45) is -1.26. The number of nitrogens with two attached hydrogens (primary N) is 1. The number of aromatic nitrogens is 1. The van der Waals surface area contributed by atoms with Crippen molar-refractivity contribution in [1.29, 1.82) is 0 Å². The van der Waals surface area contributed by atoms with Gasteiger partial charge >= 0.3 is 12.1 Å². The second-order valence-electron chi connectivity index (χ2n) is 7.42. The Morgan fingerprint density at radius 2 is 2.10 bits per heavy atom. The van der Waals surface area contributed by atoms with Crippen LogP contribution < -0.4 is 20.8 Å². The number of ether oxygens (including phenoxy) is 1. The van der Waals surface area contributed by atoms with E-state index in [0.717, 1.165) is 12.6 Å². The van der Waals surface area contributed by atoms with Crippen LogP contribution in [0.5, 0.6) is 5.75 Å². The van der Waals surface area contributed by atoms with Gasteiger partial charge in [-0.3, -0.25) is 9.78 Å². The van der Waals surface area contributed by atoms with Gasteiger partial charge < -0.3 is 20.9 Å². The molecule has 0 radical (unpaired) electrons. The molecule has 1 heterocycles. The number of aliphatic hydroxyl groups excluding tert-OH is 1. The van der Waals surface area contributed by atoms with Crippen LogP contribution in [0.25, 0.3) is 0 Å². The molecule has 31 heavy (non-hydrogen) atoms. The molecule has 7 nitrogen and oxygen atoms in total. The lowest BCUT2D eigenvalue weighted by Crippen LogP contribution is -2.73. The third-order valence-corrected chi connectivity index (χ3v) is 5.32. The third-order valence-electron chi connectivity index (χ3n) is 5.32. The Kier molecular flexibility index (Phi) is 6.49. The van der Waals surface area contributed by atoms with Gasteiger partial charge in [-0.2, -0.15) is 13.2 Å². The first-order chi connectivity index (χ1) is 14.7. The number of nitrogen functional groups attached to an aromatic ring is 1. The number of pyridine rings is 1. The zero-order chi connectivity index (χ0) is 22.6. The summed E-state index contributed by atoms with van der Waals surface area (Å²) in [6.45, 7) is -0.526. The van der Waals surface area contributed by atoms with Crippen molar-refractivity contribution in [3.8, 4) is 5.75 Å². The summed E-state index contributed by atoms with van der Waals surface area (Å²) in [5, 5.41) is 12.4. The number of halogens is 3. The van der Waals surface area contributed by atoms with Crippen molar-refractivity contribution in [2.24, 2.45) is 0 Å². The van der Waals surface area contributed by atoms with Gasteiger partial charge in [0.2, 0.25) is 0 Å². The molecule has 166 valence electrons. The zero-order valence-corrected chi connectivity index (χ0v) is 16.9. The van der Waals surface area contributed by atoms with E-state index in [1.807, 2.05) is 0 Å². The van der Waals surface area contributed by atoms with Crippen LogP contribution in [0, 0.1) is 0 Å². The Hall–Kier alpha value is -3.14. The van der Waals surface area contributed by atoms with Crippen molar-refractivity contribution in [3.05, 3.63) is 53.3 Å². The van der Waals surface area contributed by atoms with Gasteiger partial charge in [-0.1, -0.05) is 6.07 Å². The highest BCUT2D eigenvalue weighted by molar-refractivity contribution is 6.44. The van der Waals surface area contributed by atoms with Crippen molar-refractivity contribution < 1.29 is 32.8 Å². The molecule has 2 aromatic rings. The Bertz CT molecular complexity index is 983. The van der Waals surface area contributed by atoms with E-state index in [1.165, 1.54) is 30.3 Å². The van der Waals surface area contributed by atoms with Crippen LogP contribution in [-0.2, 0) is 17.6 Å². The summed E-state index contributed by atoms with van der Waals surface area (Å²) in [6, 6.07) is 7.19. The molecule has 0 bridgehead atoms. The normalized spacial score (nSPS) is 15.8. The van der Waals surface area contributed by atoms with Crippen molar-refractivity contribution in [3.63, 3.8) is 0 Å². The summed E-state index contributed by atoms with van der Waals surface area (Å²) in [4.78, 5) is 19.0. The molecular weight excluding hydrogens is 413 g/mol. The molecule has 0 spiro atoms. The number of benzene rings is 1. The van der Waals surface area contributed by atoms with Gasteiger partial charge in [0, 0.05) is 17.4 Å². The SMILES string of the molecule is C[NH+]=C(C(=O)NC1(CO)CCC1)c1cc(OCc2cccnc2C(F)(F)F)ccc1N. The smallest absolute Gasteiger partial charge is 0.433 e. The summed E-state index contributed by atoms with van der Waals surface area (Å²) in [5.74, 6) is -0.200. The van der Waals surface area contributed by atoms with Gasteiger partial charge in [-0.05, 0) is 43.5 Å². The molecule has 3 rings (SSSR count). The van der Waals surface area contributed by atoms with Crippen LogP contribution in [0.1, 0.15) is 36.1 Å². The van der Waals surface area contributed by atoms with Crippen molar-refractivity contribution >= 4 is 17.3 Å². The molecule has 1 amide bonds. The Labute approximate surface area is 177 Å². The number of hydrogen-bond donors (Lipinski definition) is 4. The van der Waals surface area contributed by atoms with Crippen molar-refractivity contribution in [2.75, 3.05) is 19.4 Å². The summed E-state index contributed by atoms with van der Waals surface area (Å²) in [5.41, 5.74) is 5.06. The lowest BCUT2D eigenvalue weighted by molar-refractivity contribution is -0.418. The van der Waals surface area contributed by atoms with E-state index < -0.39 is 23.3 Å². The van der Waals surface area contributed by atoms with E-state index in [2.05, 4.69) is 15.3 Å². The maximum Gasteiger partial charge on any atom is 0.433 e. The van der Waals surface area contributed by atoms with Gasteiger partial charge in [0.1, 0.15) is 19.4 Å². The predicted molar refractivity (Wildman–Crippen MR) is 107 cm³/mol. The van der Waals surface area contributed by atoms with Gasteiger partial charge in [-0.15, -0.1) is 0 Å². The first kappa shape index (κ1) is 22.5. The van der Waals surface area contributed by atoms with Gasteiger partial charge in [0.25, 0.3) is 5.71 Å². The number of hydrogen-bond acceptors (Lipinski definition) is 5. The number of nitrogens with zero attached hydrogens (tertiary/aromatic N) is 1. The highest BCUT2D eigenvalue weighted by Gasteiger charge is 2.40. The molecule has 0 saturated heterocycles. The van der Waals surface area contributed by atoms with Gasteiger partial charge in [0.15, 0.2) is 5.69 Å². The molecule has 1 aliphatic rings. The molecule has 1 aromatic heterocycles. The molecule has 5 N–H and O–H groups in total. The molecule has 1 aromatic carbocycles. The Morgan fingerprint density at radius 3 is 2.68 bits per heavy atom. The van der Waals surface area contributed by atoms with Crippen LogP contribution in [0.15, 0.2) is 36.5 Å². The second-order valence-corrected chi connectivity index (χ2v) is 7.42. The van der Waals surface area contributed by atoms with Crippen LogP contribution in [0.2, 0.25) is 0 Å². The number of carbonyl (C=O) groups excluding carboxylic acids is 1. The number of nitrogens with one attached hydrogen (secondary N) is 2. The van der Waals surface area contributed by atoms with E-state index in [4.69, 9.17) is 10.5 Å². The largest absolute Gasteiger partial charge is 0.489 e. The zero-order valence-electron chi connectivity index (χ0n) is 16.9. The number of rotatable bonds is 7. The molecular formula is C21H24F3N4O3+. The predicted octanol–water partition coefficient (Wildman–Crippen LogP) is 0.792. The van der Waals surface area contributed by atoms with Gasteiger partial charge in [0.05, 0.1) is 17.7 Å². The van der Waals surface area contributed by atoms with Crippen LogP contribution in [0.3, 0.4) is 0 Å². The second kappa shape index (κ2) is 8.93. The highest BCUT2D eigenvalue weighted by atomic mass is 19.4. The lowest BCUT2D eigenvalue weighted by Gasteiger charge is -2.40. The number of carbonyl (C=O) groups is 1. The van der Waals surface area contributed by atoms with E-state index in [1.54, 1.807) is 7.05 Å². The Morgan fingerprint density at radius 1 is 1.35 bits per heavy atom. The molecule has 1 fully saturated rings. The number of alkyl halides is 3. The van der Waals surface area contributed by atoms with Crippen LogP contribution in [-0.4, -0.2) is 40.9 Å². The van der Waals surface area contributed by atoms with E-state index in [9.17, 15) is 23.1 Å². The number of anilines is 1. The molecule has 0 aliphatic heterocycles. The van der Waals surface area contributed by atoms with Crippen molar-refractivity contribution in [2.45, 2.75) is 37.6 Å². The third kappa shape index (κ3) is 4.96. The fraction of sp³-hybridized carbons (Fsp3) is 0.381. The average Bonchev–Trinajstić information content (AvgIpc) is 2.71. The molecule has 0 unspecified atom stereocenters. The molecule has 10 heteroatoms. The minimum absolute atomic E-state index is 0.112. The van der Waals surface area contributed by atoms with E-state index in [-0.39, 0.29) is 35.9 Å². The number of aliphatic hydroxyl groups is 1. The van der Waals surface area contributed by atoms with Crippen LogP contribution >= 0.6 is 0 Å². The Balaban J connectivity index is 1.79. The maximum absolute atomic E-state index is 13.1. The minimum atomic E-state index is -4.60. The molecule has 1 aliphatic carbocycles. The minimum Gasteiger partial charge on any atom is -0.489 e.